The van der Waals surface area contributed by atoms with Gasteiger partial charge in [-0.1, -0.05) is 285 Å². The van der Waals surface area contributed by atoms with E-state index < -0.39 is 6.10 Å². The number of carbonyl (C=O) groups is 3. The van der Waals surface area contributed by atoms with E-state index in [9.17, 15) is 14.4 Å². The minimum Gasteiger partial charge on any atom is -0.462 e. The average Bonchev–Trinajstić information content (AvgIpc) is 3.28. The van der Waals surface area contributed by atoms with Crippen LogP contribution < -0.4 is 0 Å². The molecule has 0 rings (SSSR count). The van der Waals surface area contributed by atoms with Crippen LogP contribution in [0.4, 0.5) is 0 Å². The standard InChI is InChI=1S/C58H112O6/c1-6-8-9-10-11-12-21-28-33-38-43-48-56(59)62-51-55(64-58(61)50-45-40-35-30-25-24-26-31-36-41-46-53(3)4)52-63-57(60)49-44-39-34-29-23-20-18-16-14-13-15-17-19-22-27-32-37-42-47-54(5)7-2/h53-55H,6-52H2,1-5H3/t54?,55-/m1/s1. The Morgan fingerprint density at radius 1 is 0.328 bits per heavy atom. The zero-order valence-corrected chi connectivity index (χ0v) is 43.9. The molecule has 6 nitrogen and oxygen atoms in total. The number of rotatable bonds is 52. The topological polar surface area (TPSA) is 78.9 Å². The van der Waals surface area contributed by atoms with Gasteiger partial charge in [0.05, 0.1) is 0 Å². The first kappa shape index (κ1) is 62.4. The zero-order valence-electron chi connectivity index (χ0n) is 43.9. The van der Waals surface area contributed by atoms with Crippen molar-refractivity contribution in [3.8, 4) is 0 Å². The molecule has 0 aliphatic carbocycles. The summed E-state index contributed by atoms with van der Waals surface area (Å²) >= 11 is 0. The molecule has 64 heavy (non-hydrogen) atoms. The van der Waals surface area contributed by atoms with Crippen molar-refractivity contribution in [2.75, 3.05) is 13.2 Å². The summed E-state index contributed by atoms with van der Waals surface area (Å²) in [7, 11) is 0. The first-order valence-corrected chi connectivity index (χ1v) is 28.8. The van der Waals surface area contributed by atoms with Crippen LogP contribution in [0.25, 0.3) is 0 Å². The molecule has 0 radical (unpaired) electrons. The van der Waals surface area contributed by atoms with Crippen molar-refractivity contribution in [2.24, 2.45) is 11.8 Å². The van der Waals surface area contributed by atoms with Crippen LogP contribution in [0, 0.1) is 11.8 Å². The van der Waals surface area contributed by atoms with Crippen LogP contribution >= 0.6 is 0 Å². The number of esters is 3. The molecule has 0 N–H and O–H groups in total. The highest BCUT2D eigenvalue weighted by molar-refractivity contribution is 5.71. The number of hydrogen-bond donors (Lipinski definition) is 0. The minimum absolute atomic E-state index is 0.0630. The quantitative estimate of drug-likeness (QED) is 0.0344. The molecular weight excluding hydrogens is 793 g/mol. The van der Waals surface area contributed by atoms with Crippen molar-refractivity contribution in [1.82, 2.24) is 0 Å². The Morgan fingerprint density at radius 2 is 0.594 bits per heavy atom. The number of hydrogen-bond acceptors (Lipinski definition) is 6. The van der Waals surface area contributed by atoms with Gasteiger partial charge in [-0.3, -0.25) is 14.4 Å². The molecule has 0 saturated carbocycles. The summed E-state index contributed by atoms with van der Waals surface area (Å²) in [6.45, 7) is 11.4. The van der Waals surface area contributed by atoms with Gasteiger partial charge < -0.3 is 14.2 Å². The Morgan fingerprint density at radius 3 is 0.891 bits per heavy atom. The first-order valence-electron chi connectivity index (χ1n) is 28.8. The molecule has 0 bridgehead atoms. The molecule has 6 heteroatoms. The van der Waals surface area contributed by atoms with Gasteiger partial charge in [0.15, 0.2) is 6.10 Å². The van der Waals surface area contributed by atoms with E-state index in [1.54, 1.807) is 0 Å². The van der Waals surface area contributed by atoms with Gasteiger partial charge in [0, 0.05) is 19.3 Å². The van der Waals surface area contributed by atoms with Crippen LogP contribution in [0.2, 0.25) is 0 Å². The SMILES string of the molecule is CCCCCCCCCCCCCC(=O)OC[C@H](COC(=O)CCCCCCCCCCCCCCCCCCCCC(C)CC)OC(=O)CCCCCCCCCCCCC(C)C. The lowest BCUT2D eigenvalue weighted by atomic mass is 9.99. The molecule has 0 aromatic carbocycles. The summed E-state index contributed by atoms with van der Waals surface area (Å²) in [6, 6.07) is 0. The van der Waals surface area contributed by atoms with Crippen molar-refractivity contribution in [3.63, 3.8) is 0 Å². The van der Waals surface area contributed by atoms with E-state index in [1.165, 1.54) is 212 Å². The molecule has 0 aromatic rings. The molecule has 0 aliphatic heterocycles. The molecule has 1 unspecified atom stereocenters. The summed E-state index contributed by atoms with van der Waals surface area (Å²) in [4.78, 5) is 38.0. The van der Waals surface area contributed by atoms with Crippen molar-refractivity contribution in [2.45, 2.75) is 330 Å². The summed E-state index contributed by atoms with van der Waals surface area (Å²) in [5.74, 6) is 0.884. The molecule has 0 heterocycles. The van der Waals surface area contributed by atoms with E-state index in [-0.39, 0.29) is 31.1 Å². The number of unbranched alkanes of at least 4 members (excludes halogenated alkanes) is 36. The second-order valence-electron chi connectivity index (χ2n) is 20.6. The lowest BCUT2D eigenvalue weighted by molar-refractivity contribution is -0.167. The van der Waals surface area contributed by atoms with Gasteiger partial charge in [-0.2, -0.15) is 0 Å². The molecule has 0 spiro atoms. The summed E-state index contributed by atoms with van der Waals surface area (Å²) in [5.41, 5.74) is 0. The van der Waals surface area contributed by atoms with E-state index in [1.807, 2.05) is 0 Å². The third-order valence-corrected chi connectivity index (χ3v) is 13.6. The molecule has 2 atom stereocenters. The van der Waals surface area contributed by atoms with Crippen molar-refractivity contribution in [3.05, 3.63) is 0 Å². The zero-order chi connectivity index (χ0) is 46.8. The van der Waals surface area contributed by atoms with Crippen LogP contribution in [-0.4, -0.2) is 37.2 Å². The summed E-state index contributed by atoms with van der Waals surface area (Å²) in [5, 5.41) is 0. The van der Waals surface area contributed by atoms with E-state index in [0.29, 0.717) is 19.3 Å². The third kappa shape index (κ3) is 49.8. The monoisotopic (exact) mass is 905 g/mol. The maximum absolute atomic E-state index is 12.8. The molecule has 380 valence electrons. The summed E-state index contributed by atoms with van der Waals surface area (Å²) < 4.78 is 16.9. The lowest BCUT2D eigenvalue weighted by Gasteiger charge is -2.18. The Hall–Kier alpha value is -1.59. The van der Waals surface area contributed by atoms with Gasteiger partial charge in [-0.05, 0) is 31.1 Å². The van der Waals surface area contributed by atoms with E-state index in [2.05, 4.69) is 34.6 Å². The Labute approximate surface area is 399 Å². The Balaban J connectivity index is 4.20. The lowest BCUT2D eigenvalue weighted by Crippen LogP contribution is -2.30. The average molecular weight is 906 g/mol. The number of carbonyl (C=O) groups excluding carboxylic acids is 3. The molecule has 0 amide bonds. The van der Waals surface area contributed by atoms with E-state index in [4.69, 9.17) is 14.2 Å². The van der Waals surface area contributed by atoms with Gasteiger partial charge in [0.1, 0.15) is 13.2 Å². The van der Waals surface area contributed by atoms with Crippen molar-refractivity contribution >= 4 is 17.9 Å². The molecular formula is C58H112O6. The van der Waals surface area contributed by atoms with Crippen LogP contribution in [0.3, 0.4) is 0 Å². The fraction of sp³-hybridized carbons (Fsp3) is 0.948. The van der Waals surface area contributed by atoms with Crippen LogP contribution in [-0.2, 0) is 28.6 Å². The maximum atomic E-state index is 12.8. The highest BCUT2D eigenvalue weighted by Crippen LogP contribution is 2.19. The second-order valence-corrected chi connectivity index (χ2v) is 20.6. The Bertz CT molecular complexity index is 980. The van der Waals surface area contributed by atoms with Crippen LogP contribution in [0.1, 0.15) is 324 Å². The first-order chi connectivity index (χ1) is 31.3. The third-order valence-electron chi connectivity index (χ3n) is 13.6. The van der Waals surface area contributed by atoms with Gasteiger partial charge in [0.25, 0.3) is 0 Å². The minimum atomic E-state index is -0.762. The molecule has 0 saturated heterocycles. The van der Waals surface area contributed by atoms with Gasteiger partial charge in [-0.15, -0.1) is 0 Å². The highest BCUT2D eigenvalue weighted by atomic mass is 16.6. The van der Waals surface area contributed by atoms with Gasteiger partial charge >= 0.3 is 17.9 Å². The number of ether oxygens (including phenoxy) is 3. The Kier molecular flexibility index (Phi) is 49.6. The van der Waals surface area contributed by atoms with Crippen LogP contribution in [0.15, 0.2) is 0 Å². The van der Waals surface area contributed by atoms with E-state index >= 15 is 0 Å². The molecule has 0 fully saturated rings. The van der Waals surface area contributed by atoms with E-state index in [0.717, 1.165) is 69.6 Å². The fourth-order valence-corrected chi connectivity index (χ4v) is 8.84. The van der Waals surface area contributed by atoms with Crippen molar-refractivity contribution in [1.29, 1.82) is 0 Å². The fourth-order valence-electron chi connectivity index (χ4n) is 8.84. The second kappa shape index (κ2) is 50.8. The largest absolute Gasteiger partial charge is 0.462 e. The van der Waals surface area contributed by atoms with Gasteiger partial charge in [0.2, 0.25) is 0 Å². The predicted octanol–water partition coefficient (Wildman–Crippen LogP) is 18.9. The normalized spacial score (nSPS) is 12.5. The highest BCUT2D eigenvalue weighted by Gasteiger charge is 2.19. The summed E-state index contributed by atoms with van der Waals surface area (Å²) in [6.07, 6.45) is 53.8. The smallest absolute Gasteiger partial charge is 0.306 e. The van der Waals surface area contributed by atoms with Crippen molar-refractivity contribution < 1.29 is 28.6 Å². The molecule has 0 aromatic heterocycles. The molecule has 0 aliphatic rings. The maximum Gasteiger partial charge on any atom is 0.306 e. The van der Waals surface area contributed by atoms with Gasteiger partial charge in [-0.25, -0.2) is 0 Å². The predicted molar refractivity (Wildman–Crippen MR) is 275 cm³/mol. The van der Waals surface area contributed by atoms with Crippen LogP contribution in [0.5, 0.6) is 0 Å².